The highest BCUT2D eigenvalue weighted by molar-refractivity contribution is 5.63. The van der Waals surface area contributed by atoms with Crippen molar-refractivity contribution in [3.8, 4) is 11.1 Å². The van der Waals surface area contributed by atoms with Gasteiger partial charge < -0.3 is 5.32 Å². The molecule has 0 unspecified atom stereocenters. The molecule has 1 aliphatic carbocycles. The van der Waals surface area contributed by atoms with Crippen LogP contribution < -0.4 is 5.32 Å². The Kier molecular flexibility index (Phi) is 4.40. The maximum Gasteiger partial charge on any atom is 0.0210 e. The fraction of sp³-hybridized carbons (Fsp3) is 0.400. The van der Waals surface area contributed by atoms with E-state index in [9.17, 15) is 0 Å². The van der Waals surface area contributed by atoms with Crippen molar-refractivity contribution in [2.75, 3.05) is 0 Å². The van der Waals surface area contributed by atoms with Gasteiger partial charge in [0.1, 0.15) is 0 Å². The quantitative estimate of drug-likeness (QED) is 0.814. The third-order valence-corrected chi connectivity index (χ3v) is 4.74. The van der Waals surface area contributed by atoms with Gasteiger partial charge in [0, 0.05) is 12.1 Å². The highest BCUT2D eigenvalue weighted by Crippen LogP contribution is 2.28. The van der Waals surface area contributed by atoms with Crippen molar-refractivity contribution in [1.29, 1.82) is 0 Å². The molecule has 21 heavy (non-hydrogen) atoms. The molecular weight excluding hydrogens is 254 g/mol. The van der Waals surface area contributed by atoms with Crippen LogP contribution in [0.5, 0.6) is 0 Å². The second-order valence-electron chi connectivity index (χ2n) is 6.54. The van der Waals surface area contributed by atoms with Crippen LogP contribution >= 0.6 is 0 Å². The summed E-state index contributed by atoms with van der Waals surface area (Å²) in [5.41, 5.74) is 4.30. The molecule has 0 aliphatic heterocycles. The summed E-state index contributed by atoms with van der Waals surface area (Å²) in [5.74, 6) is 0. The molecule has 0 bridgehead atoms. The Balaban J connectivity index is 1.62. The van der Waals surface area contributed by atoms with Gasteiger partial charge in [0.25, 0.3) is 0 Å². The van der Waals surface area contributed by atoms with E-state index in [1.54, 1.807) is 0 Å². The molecule has 3 rings (SSSR count). The predicted molar refractivity (Wildman–Crippen MR) is 90.2 cm³/mol. The first kappa shape index (κ1) is 14.3. The maximum atomic E-state index is 3.77. The zero-order valence-electron chi connectivity index (χ0n) is 12.9. The highest BCUT2D eigenvalue weighted by atomic mass is 15.0. The molecular formula is C20H25N. The highest BCUT2D eigenvalue weighted by Gasteiger charge is 2.25. The van der Waals surface area contributed by atoms with E-state index in [4.69, 9.17) is 0 Å². The molecule has 0 radical (unpaired) electrons. The summed E-state index contributed by atoms with van der Waals surface area (Å²) in [4.78, 5) is 0. The molecule has 0 saturated heterocycles. The van der Waals surface area contributed by atoms with Gasteiger partial charge in [0.2, 0.25) is 0 Å². The van der Waals surface area contributed by atoms with Crippen LogP contribution in [0, 0.1) is 0 Å². The van der Waals surface area contributed by atoms with Crippen molar-refractivity contribution >= 4 is 0 Å². The molecule has 1 fully saturated rings. The standard InChI is InChI=1S/C20H25N/c1-20(14-6-3-7-15-20)21-16-17-10-12-19(13-11-17)18-8-4-2-5-9-18/h2,4-5,8-13,21H,3,6-7,14-16H2,1H3. The zero-order valence-corrected chi connectivity index (χ0v) is 12.9. The van der Waals surface area contributed by atoms with Crippen molar-refractivity contribution in [2.45, 2.75) is 51.1 Å². The van der Waals surface area contributed by atoms with Crippen LogP contribution in [0.4, 0.5) is 0 Å². The van der Waals surface area contributed by atoms with Crippen molar-refractivity contribution in [2.24, 2.45) is 0 Å². The van der Waals surface area contributed by atoms with Gasteiger partial charge in [-0.1, -0.05) is 73.9 Å². The predicted octanol–water partition coefficient (Wildman–Crippen LogP) is 5.17. The first-order chi connectivity index (χ1) is 10.3. The molecule has 2 aromatic rings. The number of hydrogen-bond acceptors (Lipinski definition) is 1. The minimum Gasteiger partial charge on any atom is -0.307 e. The van der Waals surface area contributed by atoms with Crippen LogP contribution in [-0.2, 0) is 6.54 Å². The molecule has 1 saturated carbocycles. The van der Waals surface area contributed by atoms with Gasteiger partial charge in [-0.25, -0.2) is 0 Å². The molecule has 0 aromatic heterocycles. The van der Waals surface area contributed by atoms with Gasteiger partial charge in [-0.3, -0.25) is 0 Å². The van der Waals surface area contributed by atoms with E-state index >= 15 is 0 Å². The molecule has 1 nitrogen and oxygen atoms in total. The molecule has 1 N–H and O–H groups in total. The van der Waals surface area contributed by atoms with Gasteiger partial charge >= 0.3 is 0 Å². The first-order valence-corrected chi connectivity index (χ1v) is 8.15. The van der Waals surface area contributed by atoms with Gasteiger partial charge in [-0.2, -0.15) is 0 Å². The lowest BCUT2D eigenvalue weighted by atomic mass is 9.83. The summed E-state index contributed by atoms with van der Waals surface area (Å²) >= 11 is 0. The Morgan fingerprint density at radius 2 is 1.43 bits per heavy atom. The van der Waals surface area contributed by atoms with Crippen LogP contribution in [0.15, 0.2) is 54.6 Å². The molecule has 2 aromatic carbocycles. The van der Waals surface area contributed by atoms with E-state index in [1.165, 1.54) is 48.8 Å². The monoisotopic (exact) mass is 279 g/mol. The lowest BCUT2D eigenvalue weighted by Gasteiger charge is -2.34. The Labute approximate surface area is 128 Å². The van der Waals surface area contributed by atoms with E-state index in [-0.39, 0.29) is 0 Å². The minimum absolute atomic E-state index is 0.344. The van der Waals surface area contributed by atoms with Gasteiger partial charge in [-0.05, 0) is 36.5 Å². The summed E-state index contributed by atoms with van der Waals surface area (Å²) in [6, 6.07) is 19.5. The average Bonchev–Trinajstić information content (AvgIpc) is 2.55. The Hall–Kier alpha value is -1.60. The lowest BCUT2D eigenvalue weighted by Crippen LogP contribution is -2.43. The fourth-order valence-corrected chi connectivity index (χ4v) is 3.27. The van der Waals surface area contributed by atoms with Crippen molar-refractivity contribution in [3.05, 3.63) is 60.2 Å². The normalized spacial score (nSPS) is 17.6. The van der Waals surface area contributed by atoms with Gasteiger partial charge in [0.05, 0.1) is 0 Å². The lowest BCUT2D eigenvalue weighted by molar-refractivity contribution is 0.252. The third kappa shape index (κ3) is 3.74. The average molecular weight is 279 g/mol. The number of rotatable bonds is 4. The summed E-state index contributed by atoms with van der Waals surface area (Å²) < 4.78 is 0. The number of hydrogen-bond donors (Lipinski definition) is 1. The molecule has 110 valence electrons. The van der Waals surface area contributed by atoms with Crippen LogP contribution in [0.2, 0.25) is 0 Å². The summed E-state index contributed by atoms with van der Waals surface area (Å²) in [6.45, 7) is 3.36. The summed E-state index contributed by atoms with van der Waals surface area (Å²) in [5, 5.41) is 3.77. The largest absolute Gasteiger partial charge is 0.307 e. The second kappa shape index (κ2) is 6.44. The van der Waals surface area contributed by atoms with Crippen molar-refractivity contribution in [1.82, 2.24) is 5.32 Å². The Morgan fingerprint density at radius 3 is 2.10 bits per heavy atom. The maximum absolute atomic E-state index is 3.77. The molecule has 0 atom stereocenters. The van der Waals surface area contributed by atoms with E-state index in [0.717, 1.165) is 6.54 Å². The summed E-state index contributed by atoms with van der Waals surface area (Å²) in [6.07, 6.45) is 6.78. The van der Waals surface area contributed by atoms with Crippen LogP contribution in [0.3, 0.4) is 0 Å². The van der Waals surface area contributed by atoms with Gasteiger partial charge in [0.15, 0.2) is 0 Å². The van der Waals surface area contributed by atoms with E-state index < -0.39 is 0 Å². The Bertz CT molecular complexity index is 550. The molecule has 1 aliphatic rings. The number of benzene rings is 2. The van der Waals surface area contributed by atoms with Crippen LogP contribution in [0.25, 0.3) is 11.1 Å². The van der Waals surface area contributed by atoms with Gasteiger partial charge in [-0.15, -0.1) is 0 Å². The SMILES string of the molecule is CC1(NCc2ccc(-c3ccccc3)cc2)CCCCC1. The molecule has 0 spiro atoms. The smallest absolute Gasteiger partial charge is 0.0210 e. The molecule has 1 heteroatoms. The Morgan fingerprint density at radius 1 is 0.810 bits per heavy atom. The minimum atomic E-state index is 0.344. The van der Waals surface area contributed by atoms with E-state index in [1.807, 2.05) is 0 Å². The van der Waals surface area contributed by atoms with Crippen molar-refractivity contribution in [3.63, 3.8) is 0 Å². The molecule has 0 amide bonds. The van der Waals surface area contributed by atoms with Crippen molar-refractivity contribution < 1.29 is 0 Å². The van der Waals surface area contributed by atoms with E-state index in [0.29, 0.717) is 5.54 Å². The zero-order chi connectivity index (χ0) is 14.5. The fourth-order valence-electron chi connectivity index (χ4n) is 3.27. The third-order valence-electron chi connectivity index (χ3n) is 4.74. The second-order valence-corrected chi connectivity index (χ2v) is 6.54. The number of nitrogens with one attached hydrogen (secondary N) is 1. The first-order valence-electron chi connectivity index (χ1n) is 8.15. The van der Waals surface area contributed by atoms with Crippen LogP contribution in [0.1, 0.15) is 44.6 Å². The van der Waals surface area contributed by atoms with Crippen LogP contribution in [-0.4, -0.2) is 5.54 Å². The molecule has 0 heterocycles. The topological polar surface area (TPSA) is 12.0 Å². The van der Waals surface area contributed by atoms with E-state index in [2.05, 4.69) is 66.8 Å². The summed E-state index contributed by atoms with van der Waals surface area (Å²) in [7, 11) is 0.